The molecule has 0 atom stereocenters. The summed E-state index contributed by atoms with van der Waals surface area (Å²) in [5.74, 6) is -0.341. The van der Waals surface area contributed by atoms with E-state index < -0.39 is 12.3 Å². The van der Waals surface area contributed by atoms with Gasteiger partial charge >= 0.3 is 12.3 Å². The predicted molar refractivity (Wildman–Crippen MR) is 75.6 cm³/mol. The fourth-order valence-electron chi connectivity index (χ4n) is 1.82. The van der Waals surface area contributed by atoms with Crippen molar-refractivity contribution in [1.29, 1.82) is 0 Å². The Morgan fingerprint density at radius 2 is 1.39 bits per heavy atom. The molecule has 0 aliphatic heterocycles. The summed E-state index contributed by atoms with van der Waals surface area (Å²) in [6, 6.07) is 11.8. The number of ether oxygens (including phenoxy) is 2. The number of carbonyl (C=O) groups is 1. The summed E-state index contributed by atoms with van der Waals surface area (Å²) < 4.78 is 45.4. The van der Waals surface area contributed by atoms with Crippen molar-refractivity contribution >= 4 is 5.97 Å². The number of hydrogen-bond donors (Lipinski definition) is 1. The van der Waals surface area contributed by atoms with Crippen LogP contribution in [0.3, 0.4) is 0 Å². The van der Waals surface area contributed by atoms with Crippen molar-refractivity contribution in [3.05, 3.63) is 54.1 Å². The van der Waals surface area contributed by atoms with Crippen LogP contribution >= 0.6 is 0 Å². The molecule has 23 heavy (non-hydrogen) atoms. The summed E-state index contributed by atoms with van der Waals surface area (Å²) in [4.78, 5) is 10.5. The second-order valence-corrected chi connectivity index (χ2v) is 4.66. The minimum atomic E-state index is -4.73. The fraction of sp³-hybridized carbons (Fsp3) is 0.188. The van der Waals surface area contributed by atoms with Crippen LogP contribution in [-0.2, 0) is 11.2 Å². The molecule has 2 rings (SSSR count). The summed E-state index contributed by atoms with van der Waals surface area (Å²) in [6.07, 6.45) is -4.27. The molecule has 0 aliphatic carbocycles. The van der Waals surface area contributed by atoms with E-state index in [1.165, 1.54) is 12.1 Å². The van der Waals surface area contributed by atoms with E-state index in [2.05, 4.69) is 4.74 Å². The first kappa shape index (κ1) is 16.7. The van der Waals surface area contributed by atoms with E-state index in [0.717, 1.165) is 17.7 Å². The molecule has 2 aromatic carbocycles. The molecule has 0 bridgehead atoms. The molecule has 0 saturated heterocycles. The van der Waals surface area contributed by atoms with Gasteiger partial charge in [-0.25, -0.2) is 0 Å². The number of rotatable bonds is 6. The summed E-state index contributed by atoms with van der Waals surface area (Å²) in [6.45, 7) is 0. The summed E-state index contributed by atoms with van der Waals surface area (Å²) >= 11 is 0. The number of aliphatic carboxylic acids is 1. The van der Waals surface area contributed by atoms with Gasteiger partial charge in [-0.3, -0.25) is 4.79 Å². The quantitative estimate of drug-likeness (QED) is 0.855. The highest BCUT2D eigenvalue weighted by atomic mass is 19.4. The lowest BCUT2D eigenvalue weighted by atomic mass is 10.1. The van der Waals surface area contributed by atoms with Crippen LogP contribution in [0.1, 0.15) is 12.0 Å². The molecule has 0 saturated carbocycles. The van der Waals surface area contributed by atoms with E-state index in [0.29, 0.717) is 17.9 Å². The number of benzene rings is 2. The van der Waals surface area contributed by atoms with Crippen molar-refractivity contribution < 1.29 is 32.5 Å². The lowest BCUT2D eigenvalue weighted by molar-refractivity contribution is -0.274. The molecular formula is C16H13F3O4. The van der Waals surface area contributed by atoms with Gasteiger partial charge in [0, 0.05) is 6.42 Å². The van der Waals surface area contributed by atoms with Gasteiger partial charge in [-0.15, -0.1) is 13.2 Å². The Bertz CT molecular complexity index is 649. The minimum absolute atomic E-state index is 0.0425. The molecule has 1 N–H and O–H groups in total. The van der Waals surface area contributed by atoms with Crippen molar-refractivity contribution in [3.63, 3.8) is 0 Å². The highest BCUT2D eigenvalue weighted by molar-refractivity contribution is 5.67. The van der Waals surface area contributed by atoms with E-state index in [9.17, 15) is 18.0 Å². The number of halogens is 3. The SMILES string of the molecule is O=C(O)CCc1ccc(Oc2ccc(OC(F)(F)F)cc2)cc1. The van der Waals surface area contributed by atoms with Crippen molar-refractivity contribution in [2.75, 3.05) is 0 Å². The molecule has 122 valence electrons. The van der Waals surface area contributed by atoms with Crippen molar-refractivity contribution in [2.45, 2.75) is 19.2 Å². The Balaban J connectivity index is 1.95. The molecule has 4 nitrogen and oxygen atoms in total. The standard InChI is InChI=1S/C16H13F3O4/c17-16(18,19)23-14-8-6-13(7-9-14)22-12-4-1-11(2-5-12)3-10-15(20)21/h1-2,4-9H,3,10H2,(H,20,21). The van der Waals surface area contributed by atoms with Crippen LogP contribution in [0.15, 0.2) is 48.5 Å². The molecular weight excluding hydrogens is 313 g/mol. The maximum atomic E-state index is 12.0. The Morgan fingerprint density at radius 3 is 1.87 bits per heavy atom. The molecule has 2 aromatic rings. The van der Waals surface area contributed by atoms with Gasteiger partial charge in [0.25, 0.3) is 0 Å². The van der Waals surface area contributed by atoms with Gasteiger partial charge in [0.15, 0.2) is 0 Å². The molecule has 7 heteroatoms. The third-order valence-corrected chi connectivity index (χ3v) is 2.84. The molecule has 0 fully saturated rings. The Morgan fingerprint density at radius 1 is 0.913 bits per heavy atom. The first-order valence-corrected chi connectivity index (χ1v) is 6.66. The first-order chi connectivity index (χ1) is 10.8. The van der Waals surface area contributed by atoms with E-state index in [4.69, 9.17) is 9.84 Å². The van der Waals surface area contributed by atoms with E-state index in [-0.39, 0.29) is 12.2 Å². The summed E-state index contributed by atoms with van der Waals surface area (Å²) in [5.41, 5.74) is 0.855. The Kier molecular flexibility index (Phi) is 5.10. The maximum absolute atomic E-state index is 12.0. The van der Waals surface area contributed by atoms with Crippen molar-refractivity contribution in [1.82, 2.24) is 0 Å². The smallest absolute Gasteiger partial charge is 0.481 e. The number of aryl methyl sites for hydroxylation is 1. The molecule has 0 radical (unpaired) electrons. The lowest BCUT2D eigenvalue weighted by Gasteiger charge is -2.10. The van der Waals surface area contributed by atoms with Crippen LogP contribution in [0, 0.1) is 0 Å². The van der Waals surface area contributed by atoms with Crippen LogP contribution in [0.5, 0.6) is 17.2 Å². The number of alkyl halides is 3. The monoisotopic (exact) mass is 326 g/mol. The average molecular weight is 326 g/mol. The van der Waals surface area contributed by atoms with Crippen LogP contribution in [0.25, 0.3) is 0 Å². The Hall–Kier alpha value is -2.70. The molecule has 0 aliphatic rings. The first-order valence-electron chi connectivity index (χ1n) is 6.66. The number of carboxylic acids is 1. The van der Waals surface area contributed by atoms with Crippen molar-refractivity contribution in [2.24, 2.45) is 0 Å². The summed E-state index contributed by atoms with van der Waals surface area (Å²) in [5, 5.41) is 8.61. The number of hydrogen-bond acceptors (Lipinski definition) is 3. The molecule has 0 aromatic heterocycles. The van der Waals surface area contributed by atoms with Gasteiger partial charge in [0.2, 0.25) is 0 Å². The van der Waals surface area contributed by atoms with E-state index >= 15 is 0 Å². The lowest BCUT2D eigenvalue weighted by Crippen LogP contribution is -2.16. The molecule has 0 unspecified atom stereocenters. The van der Waals surface area contributed by atoms with Crippen LogP contribution in [-0.4, -0.2) is 17.4 Å². The second kappa shape index (κ2) is 7.04. The van der Waals surface area contributed by atoms with Gasteiger partial charge in [-0.2, -0.15) is 0 Å². The number of carboxylic acid groups (broad SMARTS) is 1. The minimum Gasteiger partial charge on any atom is -0.481 e. The van der Waals surface area contributed by atoms with Crippen molar-refractivity contribution in [3.8, 4) is 17.2 Å². The third-order valence-electron chi connectivity index (χ3n) is 2.84. The zero-order valence-electron chi connectivity index (χ0n) is 11.8. The van der Waals surface area contributed by atoms with E-state index in [1.807, 2.05) is 0 Å². The zero-order valence-corrected chi connectivity index (χ0v) is 11.8. The molecule has 0 spiro atoms. The van der Waals surface area contributed by atoms with Crippen LogP contribution < -0.4 is 9.47 Å². The third kappa shape index (κ3) is 5.90. The Labute approximate surface area is 130 Å². The highest BCUT2D eigenvalue weighted by Crippen LogP contribution is 2.27. The van der Waals surface area contributed by atoms with Gasteiger partial charge in [-0.1, -0.05) is 12.1 Å². The normalized spacial score (nSPS) is 11.1. The van der Waals surface area contributed by atoms with Crippen LogP contribution in [0.2, 0.25) is 0 Å². The molecule has 0 amide bonds. The average Bonchev–Trinajstić information content (AvgIpc) is 2.47. The van der Waals surface area contributed by atoms with Gasteiger partial charge in [0.05, 0.1) is 0 Å². The zero-order chi connectivity index (χ0) is 16.9. The highest BCUT2D eigenvalue weighted by Gasteiger charge is 2.30. The van der Waals surface area contributed by atoms with E-state index in [1.54, 1.807) is 24.3 Å². The molecule has 0 heterocycles. The summed E-state index contributed by atoms with van der Waals surface area (Å²) in [7, 11) is 0. The maximum Gasteiger partial charge on any atom is 0.573 e. The largest absolute Gasteiger partial charge is 0.573 e. The van der Waals surface area contributed by atoms with Gasteiger partial charge in [0.1, 0.15) is 17.2 Å². The predicted octanol–water partition coefficient (Wildman–Crippen LogP) is 4.39. The topological polar surface area (TPSA) is 55.8 Å². The fourth-order valence-corrected chi connectivity index (χ4v) is 1.82. The van der Waals surface area contributed by atoms with Crippen LogP contribution in [0.4, 0.5) is 13.2 Å². The second-order valence-electron chi connectivity index (χ2n) is 4.66. The van der Waals surface area contributed by atoms with Gasteiger partial charge < -0.3 is 14.6 Å². The van der Waals surface area contributed by atoms with Gasteiger partial charge in [-0.05, 0) is 48.4 Å².